The molecule has 7 nitrogen and oxygen atoms in total. The van der Waals surface area contributed by atoms with Crippen molar-refractivity contribution in [2.24, 2.45) is 0 Å². The van der Waals surface area contributed by atoms with E-state index in [4.69, 9.17) is 4.74 Å². The molecule has 0 saturated heterocycles. The van der Waals surface area contributed by atoms with Crippen LogP contribution in [0.1, 0.15) is 15.9 Å². The molecular formula is C18H20F2N2O5S. The summed E-state index contributed by atoms with van der Waals surface area (Å²) in [4.78, 5) is 12.2. The van der Waals surface area contributed by atoms with Gasteiger partial charge in [-0.1, -0.05) is 6.07 Å². The Morgan fingerprint density at radius 3 is 2.36 bits per heavy atom. The number of carbonyl (C=O) groups is 1. The number of amides is 1. The van der Waals surface area contributed by atoms with Crippen LogP contribution in [0.25, 0.3) is 0 Å². The number of rotatable bonds is 9. The average Bonchev–Trinajstić information content (AvgIpc) is 2.61. The van der Waals surface area contributed by atoms with Crippen LogP contribution in [0.2, 0.25) is 0 Å². The minimum absolute atomic E-state index is 0.0620. The zero-order chi connectivity index (χ0) is 20.7. The Bertz CT molecular complexity index is 918. The zero-order valence-corrected chi connectivity index (χ0v) is 16.1. The van der Waals surface area contributed by atoms with Crippen molar-refractivity contribution in [1.29, 1.82) is 0 Å². The van der Waals surface area contributed by atoms with Gasteiger partial charge >= 0.3 is 6.61 Å². The molecule has 152 valence electrons. The molecule has 0 heterocycles. The highest BCUT2D eigenvalue weighted by Crippen LogP contribution is 2.29. The van der Waals surface area contributed by atoms with Gasteiger partial charge < -0.3 is 14.8 Å². The van der Waals surface area contributed by atoms with E-state index in [0.717, 1.165) is 11.8 Å². The molecule has 0 fully saturated rings. The first-order chi connectivity index (χ1) is 13.2. The van der Waals surface area contributed by atoms with Gasteiger partial charge in [-0.3, -0.25) is 9.52 Å². The Kier molecular flexibility index (Phi) is 7.16. The summed E-state index contributed by atoms with van der Waals surface area (Å²) in [7, 11) is -2.03. The summed E-state index contributed by atoms with van der Waals surface area (Å²) in [5.41, 5.74) is 1.50. The fraction of sp³-hybridized carbons (Fsp3) is 0.278. The van der Waals surface area contributed by atoms with Gasteiger partial charge in [0.1, 0.15) is 0 Å². The molecular weight excluding hydrogens is 394 g/mol. The number of hydrogen-bond acceptors (Lipinski definition) is 5. The highest BCUT2D eigenvalue weighted by Gasteiger charge is 2.11. The molecule has 0 aliphatic carbocycles. The summed E-state index contributed by atoms with van der Waals surface area (Å²) < 4.78 is 58.7. The topological polar surface area (TPSA) is 93.7 Å². The van der Waals surface area contributed by atoms with Crippen molar-refractivity contribution in [3.05, 3.63) is 53.6 Å². The maximum Gasteiger partial charge on any atom is 0.387 e. The number of halogens is 2. The van der Waals surface area contributed by atoms with Crippen molar-refractivity contribution in [2.75, 3.05) is 24.6 Å². The Morgan fingerprint density at radius 2 is 1.79 bits per heavy atom. The third kappa shape index (κ3) is 6.69. The quantitative estimate of drug-likeness (QED) is 0.658. The van der Waals surface area contributed by atoms with Crippen molar-refractivity contribution in [1.82, 2.24) is 5.32 Å². The Labute approximate surface area is 161 Å². The van der Waals surface area contributed by atoms with E-state index in [1.54, 1.807) is 12.1 Å². The lowest BCUT2D eigenvalue weighted by Gasteiger charge is -2.12. The standard InChI is InChI=1S/C18H20F2N2O5S/c1-26-16-11-12(3-8-15(16)27-18(19)20)9-10-21-17(23)13-4-6-14(7-5-13)22-28(2,24)25/h3-8,11,18,22H,9-10H2,1-2H3,(H,21,23). The van der Waals surface area contributed by atoms with Crippen molar-refractivity contribution >= 4 is 21.6 Å². The predicted molar refractivity (Wildman–Crippen MR) is 101 cm³/mol. The van der Waals surface area contributed by atoms with Crippen molar-refractivity contribution < 1.29 is 31.5 Å². The van der Waals surface area contributed by atoms with Crippen LogP contribution in [-0.2, 0) is 16.4 Å². The second-order valence-electron chi connectivity index (χ2n) is 5.82. The number of methoxy groups -OCH3 is 1. The van der Waals surface area contributed by atoms with E-state index >= 15 is 0 Å². The lowest BCUT2D eigenvalue weighted by molar-refractivity contribution is -0.0512. The van der Waals surface area contributed by atoms with Gasteiger partial charge in [0.2, 0.25) is 10.0 Å². The molecule has 0 saturated carbocycles. The molecule has 2 N–H and O–H groups in total. The third-order valence-electron chi connectivity index (χ3n) is 3.59. The van der Waals surface area contributed by atoms with Crippen LogP contribution in [0.3, 0.4) is 0 Å². The van der Waals surface area contributed by atoms with Crippen molar-refractivity contribution in [2.45, 2.75) is 13.0 Å². The van der Waals surface area contributed by atoms with Crippen molar-refractivity contribution in [3.63, 3.8) is 0 Å². The molecule has 2 aromatic carbocycles. The highest BCUT2D eigenvalue weighted by atomic mass is 32.2. The molecule has 2 aromatic rings. The van der Waals surface area contributed by atoms with E-state index in [1.807, 2.05) is 0 Å². The largest absolute Gasteiger partial charge is 0.493 e. The van der Waals surface area contributed by atoms with Gasteiger partial charge in [0, 0.05) is 17.8 Å². The maximum absolute atomic E-state index is 12.3. The Hall–Kier alpha value is -2.88. The summed E-state index contributed by atoms with van der Waals surface area (Å²) in [6.07, 6.45) is 1.49. The second-order valence-corrected chi connectivity index (χ2v) is 7.57. The van der Waals surface area contributed by atoms with Gasteiger partial charge in [-0.15, -0.1) is 0 Å². The highest BCUT2D eigenvalue weighted by molar-refractivity contribution is 7.92. The first kappa shape index (κ1) is 21.4. The number of nitrogens with one attached hydrogen (secondary N) is 2. The lowest BCUT2D eigenvalue weighted by Crippen LogP contribution is -2.25. The molecule has 0 aromatic heterocycles. The normalized spacial score (nSPS) is 11.2. The fourth-order valence-electron chi connectivity index (χ4n) is 2.39. The number of alkyl halides is 2. The van der Waals surface area contributed by atoms with Gasteiger partial charge in [0.15, 0.2) is 11.5 Å². The van der Waals surface area contributed by atoms with Crippen LogP contribution < -0.4 is 19.5 Å². The number of anilines is 1. The molecule has 28 heavy (non-hydrogen) atoms. The summed E-state index contributed by atoms with van der Waals surface area (Å²) in [5.74, 6) is -0.207. The molecule has 0 atom stereocenters. The first-order valence-corrected chi connectivity index (χ1v) is 10.0. The van der Waals surface area contributed by atoms with Gasteiger partial charge in [-0.2, -0.15) is 8.78 Å². The first-order valence-electron chi connectivity index (χ1n) is 8.15. The van der Waals surface area contributed by atoms with Gasteiger partial charge in [0.05, 0.1) is 13.4 Å². The smallest absolute Gasteiger partial charge is 0.387 e. The van der Waals surface area contributed by atoms with Gasteiger partial charge in [-0.05, 0) is 48.4 Å². The van der Waals surface area contributed by atoms with Gasteiger partial charge in [-0.25, -0.2) is 8.42 Å². The van der Waals surface area contributed by atoms with Gasteiger partial charge in [0.25, 0.3) is 5.91 Å². The van der Waals surface area contributed by atoms with Crippen LogP contribution in [0.4, 0.5) is 14.5 Å². The van der Waals surface area contributed by atoms with Crippen molar-refractivity contribution in [3.8, 4) is 11.5 Å². The Balaban J connectivity index is 1.91. The molecule has 0 bridgehead atoms. The molecule has 0 aliphatic rings. The summed E-state index contributed by atoms with van der Waals surface area (Å²) in [5, 5.41) is 2.73. The molecule has 0 unspecified atom stereocenters. The Morgan fingerprint density at radius 1 is 1.11 bits per heavy atom. The van der Waals surface area contributed by atoms with E-state index in [0.29, 0.717) is 24.2 Å². The SMILES string of the molecule is COc1cc(CCNC(=O)c2ccc(NS(C)(=O)=O)cc2)ccc1OC(F)F. The number of hydrogen-bond donors (Lipinski definition) is 2. The van der Waals surface area contributed by atoms with E-state index in [1.165, 1.54) is 37.4 Å². The van der Waals surface area contributed by atoms with Crippen LogP contribution in [0, 0.1) is 0 Å². The summed E-state index contributed by atoms with van der Waals surface area (Å²) in [6, 6.07) is 10.5. The number of ether oxygens (including phenoxy) is 2. The van der Waals surface area contributed by atoms with E-state index in [2.05, 4.69) is 14.8 Å². The van der Waals surface area contributed by atoms with E-state index < -0.39 is 16.6 Å². The zero-order valence-electron chi connectivity index (χ0n) is 15.2. The molecule has 0 radical (unpaired) electrons. The third-order valence-corrected chi connectivity index (χ3v) is 4.20. The fourth-order valence-corrected chi connectivity index (χ4v) is 2.95. The molecule has 0 aliphatic heterocycles. The van der Waals surface area contributed by atoms with E-state index in [9.17, 15) is 22.0 Å². The number of carbonyl (C=O) groups excluding carboxylic acids is 1. The second kappa shape index (κ2) is 9.36. The van der Waals surface area contributed by atoms with Crippen LogP contribution in [0.15, 0.2) is 42.5 Å². The summed E-state index contributed by atoms with van der Waals surface area (Å²) in [6.45, 7) is -2.64. The predicted octanol–water partition coefficient (Wildman–Crippen LogP) is 2.64. The minimum atomic E-state index is -3.38. The minimum Gasteiger partial charge on any atom is -0.493 e. The molecule has 1 amide bonds. The average molecular weight is 414 g/mol. The molecule has 2 rings (SSSR count). The maximum atomic E-state index is 12.3. The van der Waals surface area contributed by atoms with Crippen LogP contribution in [0.5, 0.6) is 11.5 Å². The lowest BCUT2D eigenvalue weighted by atomic mass is 10.1. The monoisotopic (exact) mass is 414 g/mol. The number of benzene rings is 2. The molecule has 0 spiro atoms. The van der Waals surface area contributed by atoms with Crippen LogP contribution >= 0.6 is 0 Å². The van der Waals surface area contributed by atoms with E-state index in [-0.39, 0.29) is 17.4 Å². The summed E-state index contributed by atoms with van der Waals surface area (Å²) >= 11 is 0. The van der Waals surface area contributed by atoms with Crippen LogP contribution in [-0.4, -0.2) is 40.8 Å². The number of sulfonamides is 1. The molecule has 10 heteroatoms.